The van der Waals surface area contributed by atoms with E-state index in [0.717, 1.165) is 17.6 Å². The van der Waals surface area contributed by atoms with E-state index >= 15 is 0 Å². The normalized spacial score (nSPS) is 11.3. The largest absolute Gasteiger partial charge is 0.305 e. The first-order chi connectivity index (χ1) is 8.86. The highest BCUT2D eigenvalue weighted by atomic mass is 35.5. The number of carbonyl (C=O) groups excluding carboxylic acids is 1. The SMILES string of the molecule is CS(=O)(=O)c1nc(C(=O)Nc2ccc(Cl)cn2)cs1. The van der Waals surface area contributed by atoms with E-state index in [9.17, 15) is 13.2 Å². The lowest BCUT2D eigenvalue weighted by atomic mass is 10.4. The number of aromatic nitrogens is 2. The van der Waals surface area contributed by atoms with Crippen molar-refractivity contribution in [2.45, 2.75) is 4.34 Å². The summed E-state index contributed by atoms with van der Waals surface area (Å²) in [5, 5.41) is 4.32. The van der Waals surface area contributed by atoms with Gasteiger partial charge in [-0.1, -0.05) is 11.6 Å². The Morgan fingerprint density at radius 3 is 2.68 bits per heavy atom. The van der Waals surface area contributed by atoms with Crippen molar-refractivity contribution in [2.75, 3.05) is 11.6 Å². The smallest absolute Gasteiger partial charge is 0.276 e. The third-order valence-corrected chi connectivity index (χ3v) is 4.78. The van der Waals surface area contributed by atoms with Gasteiger partial charge in [-0.2, -0.15) is 0 Å². The van der Waals surface area contributed by atoms with Crippen LogP contribution in [0.3, 0.4) is 0 Å². The average Bonchev–Trinajstić information content (AvgIpc) is 2.81. The number of amides is 1. The van der Waals surface area contributed by atoms with Gasteiger partial charge in [0.05, 0.1) is 5.02 Å². The number of halogens is 1. The van der Waals surface area contributed by atoms with E-state index in [1.807, 2.05) is 0 Å². The van der Waals surface area contributed by atoms with E-state index in [1.165, 1.54) is 17.6 Å². The fraction of sp³-hybridized carbons (Fsp3) is 0.100. The second kappa shape index (κ2) is 5.24. The number of nitrogens with zero attached hydrogens (tertiary/aromatic N) is 2. The molecule has 0 aliphatic carbocycles. The average molecular weight is 318 g/mol. The monoisotopic (exact) mass is 317 g/mol. The Morgan fingerprint density at radius 1 is 1.42 bits per heavy atom. The third kappa shape index (κ3) is 3.49. The molecule has 0 aromatic carbocycles. The second-order valence-electron chi connectivity index (χ2n) is 3.59. The maximum Gasteiger partial charge on any atom is 0.276 e. The summed E-state index contributed by atoms with van der Waals surface area (Å²) in [6.45, 7) is 0. The Kier molecular flexibility index (Phi) is 3.83. The lowest BCUT2D eigenvalue weighted by molar-refractivity contribution is 0.102. The molecule has 0 bridgehead atoms. The zero-order valence-electron chi connectivity index (χ0n) is 9.62. The van der Waals surface area contributed by atoms with Crippen LogP contribution in [-0.2, 0) is 9.84 Å². The van der Waals surface area contributed by atoms with Crippen molar-refractivity contribution in [3.8, 4) is 0 Å². The molecule has 1 amide bonds. The molecule has 0 saturated heterocycles. The van der Waals surface area contributed by atoms with Gasteiger partial charge in [-0.05, 0) is 12.1 Å². The molecule has 2 aromatic heterocycles. The summed E-state index contributed by atoms with van der Waals surface area (Å²) < 4.78 is 22.4. The maximum absolute atomic E-state index is 11.8. The summed E-state index contributed by atoms with van der Waals surface area (Å²) >= 11 is 6.56. The fourth-order valence-electron chi connectivity index (χ4n) is 1.16. The molecule has 2 aromatic rings. The third-order valence-electron chi connectivity index (χ3n) is 2.00. The minimum atomic E-state index is -3.40. The Hall–Kier alpha value is -1.51. The number of sulfone groups is 1. The van der Waals surface area contributed by atoms with Crippen LogP contribution in [0.15, 0.2) is 28.0 Å². The van der Waals surface area contributed by atoms with Crippen molar-refractivity contribution in [2.24, 2.45) is 0 Å². The van der Waals surface area contributed by atoms with Gasteiger partial charge in [-0.3, -0.25) is 4.79 Å². The number of thiazole rings is 1. The predicted octanol–water partition coefficient (Wildman–Crippen LogP) is 1.85. The summed E-state index contributed by atoms with van der Waals surface area (Å²) in [6.07, 6.45) is 2.43. The summed E-state index contributed by atoms with van der Waals surface area (Å²) in [5.41, 5.74) is 0.0298. The number of rotatable bonds is 3. The summed E-state index contributed by atoms with van der Waals surface area (Å²) in [5.74, 6) is -0.218. The highest BCUT2D eigenvalue weighted by Gasteiger charge is 2.17. The van der Waals surface area contributed by atoms with Gasteiger partial charge in [0.2, 0.25) is 14.2 Å². The van der Waals surface area contributed by atoms with Crippen molar-refractivity contribution in [1.29, 1.82) is 0 Å². The summed E-state index contributed by atoms with van der Waals surface area (Å²) in [7, 11) is -3.40. The maximum atomic E-state index is 11.8. The van der Waals surface area contributed by atoms with Crippen LogP contribution in [0.4, 0.5) is 5.82 Å². The van der Waals surface area contributed by atoms with Crippen LogP contribution in [0.5, 0.6) is 0 Å². The lowest BCUT2D eigenvalue weighted by Gasteiger charge is -2.01. The molecule has 2 heterocycles. The van der Waals surface area contributed by atoms with Gasteiger partial charge >= 0.3 is 0 Å². The molecular weight excluding hydrogens is 310 g/mol. The molecule has 0 spiro atoms. The predicted molar refractivity (Wildman–Crippen MR) is 72.4 cm³/mol. The molecule has 100 valence electrons. The number of hydrogen-bond donors (Lipinski definition) is 1. The van der Waals surface area contributed by atoms with Crippen LogP contribution in [0.1, 0.15) is 10.5 Å². The second-order valence-corrected chi connectivity index (χ2v) is 7.07. The van der Waals surface area contributed by atoms with E-state index in [2.05, 4.69) is 15.3 Å². The van der Waals surface area contributed by atoms with Gasteiger partial charge in [0.1, 0.15) is 11.5 Å². The van der Waals surface area contributed by atoms with Crippen molar-refractivity contribution in [3.63, 3.8) is 0 Å². The molecular formula is C10H8ClN3O3S2. The minimum Gasteiger partial charge on any atom is -0.305 e. The Labute approximate surface area is 118 Å². The molecule has 0 aliphatic rings. The molecule has 0 saturated carbocycles. The molecule has 9 heteroatoms. The number of anilines is 1. The fourth-order valence-corrected chi connectivity index (χ4v) is 2.90. The lowest BCUT2D eigenvalue weighted by Crippen LogP contribution is -2.13. The minimum absolute atomic E-state index is 0.0298. The van der Waals surface area contributed by atoms with Crippen molar-refractivity contribution in [1.82, 2.24) is 9.97 Å². The number of carbonyl (C=O) groups is 1. The van der Waals surface area contributed by atoms with Gasteiger partial charge in [-0.15, -0.1) is 11.3 Å². The molecule has 1 N–H and O–H groups in total. The molecule has 2 rings (SSSR count). The quantitative estimate of drug-likeness (QED) is 0.933. The molecule has 0 atom stereocenters. The van der Waals surface area contributed by atoms with Crippen LogP contribution < -0.4 is 5.32 Å². The van der Waals surface area contributed by atoms with Gasteiger partial charge in [0.25, 0.3) is 5.91 Å². The summed E-state index contributed by atoms with van der Waals surface area (Å²) in [6, 6.07) is 3.11. The first-order valence-corrected chi connectivity index (χ1v) is 8.09. The summed E-state index contributed by atoms with van der Waals surface area (Å²) in [4.78, 5) is 19.5. The first kappa shape index (κ1) is 13.9. The molecule has 6 nitrogen and oxygen atoms in total. The molecule has 0 aliphatic heterocycles. The van der Waals surface area contributed by atoms with Crippen LogP contribution >= 0.6 is 22.9 Å². The van der Waals surface area contributed by atoms with Gasteiger partial charge in [0, 0.05) is 17.8 Å². The molecule has 0 fully saturated rings. The van der Waals surface area contributed by atoms with E-state index in [-0.39, 0.29) is 10.0 Å². The first-order valence-electron chi connectivity index (χ1n) is 4.95. The number of hydrogen-bond acceptors (Lipinski definition) is 6. The van der Waals surface area contributed by atoms with Crippen LogP contribution in [0.25, 0.3) is 0 Å². The number of pyridine rings is 1. The van der Waals surface area contributed by atoms with Crippen molar-refractivity contribution in [3.05, 3.63) is 34.4 Å². The Balaban J connectivity index is 2.16. The van der Waals surface area contributed by atoms with Gasteiger partial charge in [-0.25, -0.2) is 18.4 Å². The Morgan fingerprint density at radius 2 is 2.16 bits per heavy atom. The molecule has 19 heavy (non-hydrogen) atoms. The standard InChI is InChI=1S/C10H8ClN3O3S2/c1-19(16,17)10-13-7(5-18-10)9(15)14-8-3-2-6(11)4-12-8/h2-5H,1H3,(H,12,14,15). The van der Waals surface area contributed by atoms with E-state index in [0.29, 0.717) is 10.8 Å². The van der Waals surface area contributed by atoms with Gasteiger partial charge in [0.15, 0.2) is 0 Å². The molecule has 0 unspecified atom stereocenters. The molecule has 0 radical (unpaired) electrons. The van der Waals surface area contributed by atoms with Crippen molar-refractivity contribution < 1.29 is 13.2 Å². The van der Waals surface area contributed by atoms with Crippen LogP contribution in [0.2, 0.25) is 5.02 Å². The highest BCUT2D eigenvalue weighted by molar-refractivity contribution is 7.92. The van der Waals surface area contributed by atoms with Crippen molar-refractivity contribution >= 4 is 44.5 Å². The zero-order chi connectivity index (χ0) is 14.0. The van der Waals surface area contributed by atoms with E-state index < -0.39 is 15.7 Å². The Bertz CT molecular complexity index is 710. The highest BCUT2D eigenvalue weighted by Crippen LogP contribution is 2.16. The van der Waals surface area contributed by atoms with E-state index in [1.54, 1.807) is 6.07 Å². The van der Waals surface area contributed by atoms with E-state index in [4.69, 9.17) is 11.6 Å². The van der Waals surface area contributed by atoms with Gasteiger partial charge < -0.3 is 5.32 Å². The zero-order valence-corrected chi connectivity index (χ0v) is 12.0. The topological polar surface area (TPSA) is 89.0 Å². The van der Waals surface area contributed by atoms with Crippen LogP contribution in [-0.4, -0.2) is 30.5 Å². The van der Waals surface area contributed by atoms with Crippen LogP contribution in [0, 0.1) is 0 Å². The number of nitrogens with one attached hydrogen (secondary N) is 1.